The summed E-state index contributed by atoms with van der Waals surface area (Å²) in [5, 5.41) is 4.97. The van der Waals surface area contributed by atoms with Crippen molar-refractivity contribution in [3.8, 4) is 44.8 Å². The summed E-state index contributed by atoms with van der Waals surface area (Å²) in [5.41, 5.74) is 32.7. The van der Waals surface area contributed by atoms with Crippen molar-refractivity contribution in [3.05, 3.63) is 283 Å². The highest BCUT2D eigenvalue weighted by Gasteiger charge is 2.45. The first-order chi connectivity index (χ1) is 46.7. The molecule has 0 N–H and O–H groups in total. The number of benzene rings is 12. The van der Waals surface area contributed by atoms with E-state index in [1.165, 1.54) is 153 Å². The van der Waals surface area contributed by atoms with E-state index in [1.807, 2.05) is 0 Å². The lowest BCUT2D eigenvalue weighted by Gasteiger charge is -2.44. The Hall–Kier alpha value is -10.1. The zero-order valence-corrected chi connectivity index (χ0v) is 57.9. The molecule has 2 aliphatic carbocycles. The molecule has 0 fully saturated rings. The molecule has 4 heterocycles. The molecule has 0 saturated heterocycles. The number of aromatic nitrogens is 2. The first-order valence-electron chi connectivity index (χ1n) is 35.3. The summed E-state index contributed by atoms with van der Waals surface area (Å²) in [6.45, 7) is 26.3. The van der Waals surface area contributed by atoms with Crippen LogP contribution < -0.4 is 26.2 Å². The van der Waals surface area contributed by atoms with E-state index in [1.54, 1.807) is 0 Å². The first kappa shape index (κ1) is 59.4. The highest BCUT2D eigenvalue weighted by molar-refractivity contribution is 7.00. The molecule has 97 heavy (non-hydrogen) atoms. The van der Waals surface area contributed by atoms with E-state index >= 15 is 0 Å². The van der Waals surface area contributed by atoms with Gasteiger partial charge in [-0.1, -0.05) is 252 Å². The maximum absolute atomic E-state index is 2.63. The van der Waals surface area contributed by atoms with Crippen LogP contribution in [0.25, 0.3) is 88.4 Å². The highest BCUT2D eigenvalue weighted by Crippen LogP contribution is 2.52. The topological polar surface area (TPSA) is 16.3 Å². The maximum Gasteiger partial charge on any atom is 0.252 e. The molecular weight excluding hydrogens is 1170 g/mol. The Kier molecular flexibility index (Phi) is 13.0. The van der Waals surface area contributed by atoms with Gasteiger partial charge >= 0.3 is 0 Å². The maximum atomic E-state index is 2.63. The first-order valence-corrected chi connectivity index (χ1v) is 35.3. The lowest BCUT2D eigenvalue weighted by molar-refractivity contribution is 0.332. The molecule has 18 rings (SSSR count). The monoisotopic (exact) mass is 1250 g/mol. The Balaban J connectivity index is 0.915. The molecule has 0 unspecified atom stereocenters. The Bertz CT molecular complexity index is 5480. The molecule has 0 spiro atoms. The fourth-order valence-electron chi connectivity index (χ4n) is 17.7. The molecule has 4 nitrogen and oxygen atoms in total. The van der Waals surface area contributed by atoms with Gasteiger partial charge in [0.15, 0.2) is 0 Å². The molecule has 2 aliphatic heterocycles. The van der Waals surface area contributed by atoms with Gasteiger partial charge in [-0.05, 0) is 209 Å². The molecule has 12 aromatic carbocycles. The second-order valence-corrected chi connectivity index (χ2v) is 32.2. The van der Waals surface area contributed by atoms with Crippen molar-refractivity contribution in [2.75, 3.05) is 9.80 Å². The Labute approximate surface area is 572 Å². The fourth-order valence-corrected chi connectivity index (χ4v) is 17.7. The van der Waals surface area contributed by atoms with Gasteiger partial charge in [0.25, 0.3) is 6.71 Å². The molecule has 474 valence electrons. The van der Waals surface area contributed by atoms with Crippen LogP contribution in [0.3, 0.4) is 0 Å². The van der Waals surface area contributed by atoms with Crippen LogP contribution in [0.5, 0.6) is 0 Å². The lowest BCUT2D eigenvalue weighted by Crippen LogP contribution is -2.61. The van der Waals surface area contributed by atoms with Crippen LogP contribution in [0.1, 0.15) is 130 Å². The summed E-state index contributed by atoms with van der Waals surface area (Å²) < 4.78 is 5.02. The van der Waals surface area contributed by atoms with Crippen molar-refractivity contribution in [1.82, 2.24) is 9.13 Å². The standard InChI is InChI=1S/C92H83BN4/c1-88(2,3)64-22-20-21-60(51-64)63-37-46-83-78(54-63)93-77-45-42-67(96-79-27-16-12-23-69(79)70-24-13-17-28-80(70)96)55-84(77)95(66-40-33-59(34-41-66)62-36-44-74-76(53-62)92(10,11)50-48-90(74,6)7)86-57-68(97-81-29-18-14-25-71(81)72-26-15-19-30-82(72)97)56-85(87(86)93)94(83)65-38-31-58(32-39-65)61-35-43-73-75(52-61)91(8,9)49-47-89(73,4)5/h12-46,51-57H,47-50H2,1-11H3. The van der Waals surface area contributed by atoms with Crippen LogP contribution in [0.4, 0.5) is 34.1 Å². The predicted octanol–water partition coefficient (Wildman–Crippen LogP) is 23.0. The lowest BCUT2D eigenvalue weighted by atomic mass is 9.33. The number of hydrogen-bond donors (Lipinski definition) is 0. The zero-order chi connectivity index (χ0) is 66.2. The second kappa shape index (κ2) is 21.2. The minimum absolute atomic E-state index is 0.0201. The van der Waals surface area contributed by atoms with Crippen molar-refractivity contribution in [2.45, 2.75) is 129 Å². The predicted molar refractivity (Wildman–Crippen MR) is 415 cm³/mol. The van der Waals surface area contributed by atoms with E-state index in [0.29, 0.717) is 0 Å². The quantitative estimate of drug-likeness (QED) is 0.148. The van der Waals surface area contributed by atoms with Crippen LogP contribution in [0.15, 0.2) is 255 Å². The summed E-state index contributed by atoms with van der Waals surface area (Å²) in [7, 11) is 0. The van der Waals surface area contributed by atoms with Crippen molar-refractivity contribution in [3.63, 3.8) is 0 Å². The average molecular weight is 1260 g/mol. The average Bonchev–Trinajstić information content (AvgIpc) is 1.12. The molecule has 5 heteroatoms. The number of fused-ring (bicyclic) bond motifs is 12. The molecule has 4 aliphatic rings. The number of rotatable bonds is 7. The Morgan fingerprint density at radius 3 is 1.14 bits per heavy atom. The van der Waals surface area contributed by atoms with E-state index in [2.05, 4.69) is 350 Å². The minimum atomic E-state index is -0.155. The van der Waals surface area contributed by atoms with E-state index in [-0.39, 0.29) is 33.8 Å². The van der Waals surface area contributed by atoms with Crippen molar-refractivity contribution < 1.29 is 0 Å². The summed E-state index contributed by atoms with van der Waals surface area (Å²) in [6, 6.07) is 98.6. The number of anilines is 6. The van der Waals surface area contributed by atoms with E-state index < -0.39 is 0 Å². The molecule has 0 saturated carbocycles. The molecule has 0 bridgehead atoms. The van der Waals surface area contributed by atoms with Crippen molar-refractivity contribution in [1.29, 1.82) is 0 Å². The number of para-hydroxylation sites is 4. The van der Waals surface area contributed by atoms with Gasteiger partial charge in [0.05, 0.1) is 27.8 Å². The van der Waals surface area contributed by atoms with Crippen LogP contribution >= 0.6 is 0 Å². The third kappa shape index (κ3) is 9.23. The number of hydrogen-bond acceptors (Lipinski definition) is 2. The van der Waals surface area contributed by atoms with Crippen LogP contribution in [0.2, 0.25) is 0 Å². The Morgan fingerprint density at radius 1 is 0.289 bits per heavy atom. The molecule has 0 amide bonds. The molecule has 14 aromatic rings. The van der Waals surface area contributed by atoms with Crippen molar-refractivity contribution in [2.24, 2.45) is 0 Å². The molecule has 0 radical (unpaired) electrons. The molecular formula is C92H83BN4. The van der Waals surface area contributed by atoms with E-state index in [4.69, 9.17) is 0 Å². The third-order valence-corrected chi connectivity index (χ3v) is 23.4. The molecule has 0 atom stereocenters. The zero-order valence-electron chi connectivity index (χ0n) is 57.9. The second-order valence-electron chi connectivity index (χ2n) is 32.2. The van der Waals surface area contributed by atoms with Gasteiger partial charge in [0.2, 0.25) is 0 Å². The largest absolute Gasteiger partial charge is 0.311 e. The van der Waals surface area contributed by atoms with Gasteiger partial charge < -0.3 is 18.9 Å². The SMILES string of the molecule is CC(C)(C)c1cccc(-c2ccc3c(c2)B2c4ccc(-n5c6ccccc6c6ccccc65)cc4N(c4ccc(-c5ccc6c(c5)C(C)(C)CCC6(C)C)cc4)c4cc(-n5c6ccccc6c6ccccc65)cc(c42)N3c2ccc(-c3ccc4c(c3)C(C)(C)CCC4(C)C)cc2)c1. The van der Waals surface area contributed by atoms with Crippen LogP contribution in [-0.2, 0) is 27.1 Å². The van der Waals surface area contributed by atoms with E-state index in [0.717, 1.165) is 39.8 Å². The van der Waals surface area contributed by atoms with Gasteiger partial charge in [-0.25, -0.2) is 0 Å². The Morgan fingerprint density at radius 2 is 0.670 bits per heavy atom. The highest BCUT2D eigenvalue weighted by atomic mass is 15.2. The van der Waals surface area contributed by atoms with Gasteiger partial charge in [-0.2, -0.15) is 0 Å². The van der Waals surface area contributed by atoms with E-state index in [9.17, 15) is 0 Å². The van der Waals surface area contributed by atoms with Crippen LogP contribution in [0, 0.1) is 0 Å². The summed E-state index contributed by atoms with van der Waals surface area (Å²) in [6.07, 6.45) is 4.73. The van der Waals surface area contributed by atoms with Crippen molar-refractivity contribution >= 4 is 101 Å². The summed E-state index contributed by atoms with van der Waals surface area (Å²) in [4.78, 5) is 5.24. The smallest absolute Gasteiger partial charge is 0.252 e. The number of nitrogens with zero attached hydrogens (tertiary/aromatic N) is 4. The fraction of sp³-hybridized carbons (Fsp3) is 0.217. The minimum Gasteiger partial charge on any atom is -0.311 e. The normalized spacial score (nSPS) is 16.3. The summed E-state index contributed by atoms with van der Waals surface area (Å²) >= 11 is 0. The van der Waals surface area contributed by atoms with Gasteiger partial charge in [-0.3, -0.25) is 0 Å². The summed E-state index contributed by atoms with van der Waals surface area (Å²) in [5.74, 6) is 0. The van der Waals surface area contributed by atoms with Crippen LogP contribution in [-0.4, -0.2) is 15.8 Å². The third-order valence-electron chi connectivity index (χ3n) is 23.4. The van der Waals surface area contributed by atoms with Gasteiger partial charge in [0.1, 0.15) is 0 Å². The molecule has 2 aromatic heterocycles. The van der Waals surface area contributed by atoms with Gasteiger partial charge in [0, 0.05) is 61.4 Å². The van der Waals surface area contributed by atoms with Gasteiger partial charge in [-0.15, -0.1) is 0 Å².